The first-order valence-electron chi connectivity index (χ1n) is 9.15. The molecule has 0 bridgehead atoms. The van der Waals surface area contributed by atoms with Crippen LogP contribution < -0.4 is 20.7 Å². The van der Waals surface area contributed by atoms with Crippen molar-refractivity contribution in [2.45, 2.75) is 6.42 Å². The van der Waals surface area contributed by atoms with Gasteiger partial charge < -0.3 is 20.7 Å². The number of rotatable bonds is 9. The van der Waals surface area contributed by atoms with Gasteiger partial charge in [-0.25, -0.2) is 4.68 Å². The van der Waals surface area contributed by atoms with E-state index in [4.69, 9.17) is 10.5 Å². The number of anilines is 2. The maximum Gasteiger partial charge on any atom is 0.246 e. The minimum Gasteiger partial charge on any atom is -0.495 e. The first-order chi connectivity index (χ1) is 14.1. The number of aromatic nitrogens is 2. The Balaban J connectivity index is 1.71. The van der Waals surface area contributed by atoms with Crippen LogP contribution in [0.15, 0.2) is 66.9 Å². The molecule has 0 saturated carbocycles. The number of nitrogens with zero attached hydrogens (tertiary/aromatic N) is 3. The van der Waals surface area contributed by atoms with Gasteiger partial charge in [0.2, 0.25) is 11.8 Å². The van der Waals surface area contributed by atoms with Crippen molar-refractivity contribution in [1.82, 2.24) is 9.78 Å². The van der Waals surface area contributed by atoms with Crippen LogP contribution >= 0.6 is 0 Å². The van der Waals surface area contributed by atoms with Crippen LogP contribution in [0.1, 0.15) is 6.42 Å². The Morgan fingerprint density at radius 3 is 2.55 bits per heavy atom. The van der Waals surface area contributed by atoms with Gasteiger partial charge >= 0.3 is 0 Å². The molecule has 8 heteroatoms. The minimum absolute atomic E-state index is 0.00259. The van der Waals surface area contributed by atoms with Crippen molar-refractivity contribution in [3.63, 3.8) is 0 Å². The SMILES string of the molecule is COc1ccccc1N(CCC(N)=O)C(=O)CNc1ccn(-c2ccccc2)n1. The van der Waals surface area contributed by atoms with E-state index in [1.54, 1.807) is 28.9 Å². The van der Waals surface area contributed by atoms with Crippen LogP contribution in [0.4, 0.5) is 11.5 Å². The Bertz CT molecular complexity index is 971. The maximum atomic E-state index is 12.9. The summed E-state index contributed by atoms with van der Waals surface area (Å²) in [7, 11) is 1.53. The lowest BCUT2D eigenvalue weighted by Gasteiger charge is -2.24. The van der Waals surface area contributed by atoms with E-state index in [9.17, 15) is 9.59 Å². The Kier molecular flexibility index (Phi) is 6.47. The highest BCUT2D eigenvalue weighted by molar-refractivity contribution is 5.97. The van der Waals surface area contributed by atoms with Crippen LogP contribution in [0, 0.1) is 0 Å². The summed E-state index contributed by atoms with van der Waals surface area (Å²) in [5.74, 6) is 0.396. The summed E-state index contributed by atoms with van der Waals surface area (Å²) in [4.78, 5) is 25.6. The van der Waals surface area contributed by atoms with Crippen LogP contribution in [0.25, 0.3) is 5.69 Å². The third-order valence-corrected chi connectivity index (χ3v) is 4.29. The lowest BCUT2D eigenvalue weighted by atomic mass is 10.2. The van der Waals surface area contributed by atoms with E-state index in [1.807, 2.05) is 42.6 Å². The summed E-state index contributed by atoms with van der Waals surface area (Å²) in [6.45, 7) is 0.164. The summed E-state index contributed by atoms with van der Waals surface area (Å²) in [6.07, 6.45) is 1.86. The predicted molar refractivity (Wildman–Crippen MR) is 111 cm³/mol. The molecule has 0 spiro atoms. The van der Waals surface area contributed by atoms with E-state index in [1.165, 1.54) is 12.0 Å². The molecule has 3 aromatic rings. The highest BCUT2D eigenvalue weighted by atomic mass is 16.5. The van der Waals surface area contributed by atoms with Crippen molar-refractivity contribution in [2.24, 2.45) is 5.73 Å². The number of para-hydroxylation sites is 3. The number of nitrogens with two attached hydrogens (primary N) is 1. The highest BCUT2D eigenvalue weighted by Gasteiger charge is 2.20. The number of hydrogen-bond donors (Lipinski definition) is 2. The fraction of sp³-hybridized carbons (Fsp3) is 0.190. The van der Waals surface area contributed by atoms with Crippen LogP contribution in [0.3, 0.4) is 0 Å². The van der Waals surface area contributed by atoms with Gasteiger partial charge in [0.1, 0.15) is 11.6 Å². The minimum atomic E-state index is -0.479. The molecule has 2 aromatic carbocycles. The summed E-state index contributed by atoms with van der Waals surface area (Å²) in [6, 6.07) is 18.6. The van der Waals surface area contributed by atoms with Gasteiger partial charge in [0.15, 0.2) is 0 Å². The fourth-order valence-electron chi connectivity index (χ4n) is 2.86. The monoisotopic (exact) mass is 393 g/mol. The third kappa shape index (κ3) is 5.13. The summed E-state index contributed by atoms with van der Waals surface area (Å²) in [5.41, 5.74) is 6.78. The summed E-state index contributed by atoms with van der Waals surface area (Å²) < 4.78 is 7.07. The average molecular weight is 393 g/mol. The van der Waals surface area contributed by atoms with Crippen molar-refractivity contribution in [3.05, 3.63) is 66.9 Å². The molecule has 0 saturated heterocycles. The summed E-state index contributed by atoms with van der Waals surface area (Å²) >= 11 is 0. The fourth-order valence-corrected chi connectivity index (χ4v) is 2.86. The second kappa shape index (κ2) is 9.41. The Morgan fingerprint density at radius 2 is 1.83 bits per heavy atom. The van der Waals surface area contributed by atoms with Crippen LogP contribution in [-0.2, 0) is 9.59 Å². The molecule has 0 aliphatic rings. The number of hydrogen-bond acceptors (Lipinski definition) is 5. The molecule has 1 aromatic heterocycles. The molecule has 0 unspecified atom stereocenters. The van der Waals surface area contributed by atoms with Gasteiger partial charge in [0.25, 0.3) is 0 Å². The van der Waals surface area contributed by atoms with Crippen molar-refractivity contribution >= 4 is 23.3 Å². The maximum absolute atomic E-state index is 12.9. The average Bonchev–Trinajstić information content (AvgIpc) is 3.22. The van der Waals surface area contributed by atoms with Gasteiger partial charge in [-0.1, -0.05) is 30.3 Å². The Hall–Kier alpha value is -3.81. The number of carbonyl (C=O) groups is 2. The lowest BCUT2D eigenvalue weighted by molar-refractivity contribution is -0.118. The number of benzene rings is 2. The molecule has 29 heavy (non-hydrogen) atoms. The van der Waals surface area contributed by atoms with Crippen LogP contribution in [0.2, 0.25) is 0 Å². The second-order valence-corrected chi connectivity index (χ2v) is 6.27. The number of ether oxygens (including phenoxy) is 1. The molecule has 0 atom stereocenters. The topological polar surface area (TPSA) is 102 Å². The molecular weight excluding hydrogens is 370 g/mol. The molecule has 0 fully saturated rings. The zero-order chi connectivity index (χ0) is 20.6. The first-order valence-corrected chi connectivity index (χ1v) is 9.15. The van der Waals surface area contributed by atoms with E-state index in [0.29, 0.717) is 17.3 Å². The molecule has 0 radical (unpaired) electrons. The molecule has 2 amide bonds. The quantitative estimate of drug-likeness (QED) is 0.580. The van der Waals surface area contributed by atoms with Crippen molar-refractivity contribution in [3.8, 4) is 11.4 Å². The van der Waals surface area contributed by atoms with Crippen LogP contribution in [-0.4, -0.2) is 41.8 Å². The van der Waals surface area contributed by atoms with Gasteiger partial charge in [-0.15, -0.1) is 0 Å². The Morgan fingerprint density at radius 1 is 1.10 bits per heavy atom. The molecule has 3 N–H and O–H groups in total. The first kappa shape index (κ1) is 19.9. The highest BCUT2D eigenvalue weighted by Crippen LogP contribution is 2.28. The molecule has 3 rings (SSSR count). The standard InChI is InChI=1S/C21H23N5O3/c1-29-18-10-6-5-9-17(18)25(13-11-19(22)27)21(28)15-23-20-12-14-26(24-20)16-7-3-2-4-8-16/h2-10,12,14H,11,13,15H2,1H3,(H2,22,27)(H,23,24). The predicted octanol–water partition coefficient (Wildman–Crippen LogP) is 2.20. The molecule has 1 heterocycles. The third-order valence-electron chi connectivity index (χ3n) is 4.29. The largest absolute Gasteiger partial charge is 0.495 e. The van der Waals surface area contributed by atoms with Gasteiger partial charge in [0.05, 0.1) is 25.0 Å². The van der Waals surface area contributed by atoms with E-state index in [2.05, 4.69) is 10.4 Å². The number of primary amides is 1. The summed E-state index contributed by atoms with van der Waals surface area (Å²) in [5, 5.41) is 7.46. The molecule has 0 aliphatic carbocycles. The smallest absolute Gasteiger partial charge is 0.246 e. The van der Waals surface area contributed by atoms with E-state index in [-0.39, 0.29) is 25.4 Å². The number of methoxy groups -OCH3 is 1. The molecule has 150 valence electrons. The van der Waals surface area contributed by atoms with Crippen molar-refractivity contribution < 1.29 is 14.3 Å². The van der Waals surface area contributed by atoms with Gasteiger partial charge in [0, 0.05) is 25.2 Å². The van der Waals surface area contributed by atoms with Crippen molar-refractivity contribution in [2.75, 3.05) is 30.4 Å². The zero-order valence-corrected chi connectivity index (χ0v) is 16.1. The molecule has 8 nitrogen and oxygen atoms in total. The van der Waals surface area contributed by atoms with Gasteiger partial charge in [-0.2, -0.15) is 5.10 Å². The van der Waals surface area contributed by atoms with Gasteiger partial charge in [-0.05, 0) is 24.3 Å². The zero-order valence-electron chi connectivity index (χ0n) is 16.1. The lowest BCUT2D eigenvalue weighted by Crippen LogP contribution is -2.38. The van der Waals surface area contributed by atoms with Gasteiger partial charge in [-0.3, -0.25) is 9.59 Å². The van der Waals surface area contributed by atoms with Crippen LogP contribution in [0.5, 0.6) is 5.75 Å². The van der Waals surface area contributed by atoms with Crippen molar-refractivity contribution in [1.29, 1.82) is 0 Å². The number of carbonyl (C=O) groups excluding carboxylic acids is 2. The number of nitrogens with one attached hydrogen (secondary N) is 1. The second-order valence-electron chi connectivity index (χ2n) is 6.27. The molecular formula is C21H23N5O3. The van der Waals surface area contributed by atoms with E-state index < -0.39 is 5.91 Å². The van der Waals surface area contributed by atoms with E-state index >= 15 is 0 Å². The van der Waals surface area contributed by atoms with E-state index in [0.717, 1.165) is 5.69 Å². The normalized spacial score (nSPS) is 10.4. The molecule has 0 aliphatic heterocycles. The number of amides is 2. The Labute approximate surface area is 168 Å².